The molecule has 2 aliphatic rings. The van der Waals surface area contributed by atoms with E-state index in [0.29, 0.717) is 5.41 Å². The molecule has 0 aromatic carbocycles. The topological polar surface area (TPSA) is 40.8 Å². The molecule has 2 fully saturated rings. The van der Waals surface area contributed by atoms with E-state index < -0.39 is 0 Å². The van der Waals surface area contributed by atoms with E-state index in [1.165, 1.54) is 45.1 Å². The normalized spacial score (nSPS) is 22.4. The van der Waals surface area contributed by atoms with Crippen molar-refractivity contribution in [3.05, 3.63) is 24.2 Å². The predicted molar refractivity (Wildman–Crippen MR) is 80.6 cm³/mol. The van der Waals surface area contributed by atoms with Crippen molar-refractivity contribution in [2.75, 3.05) is 20.1 Å². The summed E-state index contributed by atoms with van der Waals surface area (Å²) >= 11 is 0. The zero-order valence-electron chi connectivity index (χ0n) is 12.4. The molecule has 4 heteroatoms. The molecule has 1 aliphatic carbocycles. The first-order chi connectivity index (χ1) is 9.81. The second-order valence-electron chi connectivity index (χ2n) is 6.26. The average Bonchev–Trinajstić information content (AvgIpc) is 3.12. The monoisotopic (exact) mass is 275 g/mol. The molecule has 20 heavy (non-hydrogen) atoms. The van der Waals surface area contributed by atoms with Crippen LogP contribution in [0.2, 0.25) is 0 Å². The Morgan fingerprint density at radius 1 is 1.35 bits per heavy atom. The third-order valence-corrected chi connectivity index (χ3v) is 4.89. The quantitative estimate of drug-likeness (QED) is 0.666. The van der Waals surface area contributed by atoms with E-state index in [4.69, 9.17) is 4.42 Å². The maximum Gasteiger partial charge on any atom is 0.193 e. The Morgan fingerprint density at radius 2 is 2.20 bits per heavy atom. The predicted octanol–water partition coefficient (Wildman–Crippen LogP) is 3.01. The second kappa shape index (κ2) is 5.90. The molecule has 0 amide bonds. The number of furan rings is 1. The van der Waals surface area contributed by atoms with E-state index in [0.717, 1.165) is 24.6 Å². The molecule has 1 spiro atoms. The first kappa shape index (κ1) is 13.5. The van der Waals surface area contributed by atoms with Gasteiger partial charge in [-0.3, -0.25) is 4.99 Å². The molecule has 4 nitrogen and oxygen atoms in total. The van der Waals surface area contributed by atoms with E-state index in [1.807, 2.05) is 13.1 Å². The number of hydrogen-bond donors (Lipinski definition) is 1. The summed E-state index contributed by atoms with van der Waals surface area (Å²) in [5.74, 6) is 1.04. The van der Waals surface area contributed by atoms with Gasteiger partial charge in [0.05, 0.1) is 12.5 Å². The van der Waals surface area contributed by atoms with Crippen LogP contribution in [0, 0.1) is 5.41 Å². The van der Waals surface area contributed by atoms with Gasteiger partial charge in [0.25, 0.3) is 0 Å². The Morgan fingerprint density at radius 3 is 2.90 bits per heavy atom. The van der Waals surface area contributed by atoms with E-state index in [-0.39, 0.29) is 0 Å². The van der Waals surface area contributed by atoms with Crippen LogP contribution in [-0.2, 0) is 6.54 Å². The largest absolute Gasteiger partial charge is 0.472 e. The lowest BCUT2D eigenvalue weighted by Crippen LogP contribution is -2.41. The molecule has 0 unspecified atom stereocenters. The third-order valence-electron chi connectivity index (χ3n) is 4.89. The summed E-state index contributed by atoms with van der Waals surface area (Å²) in [6.07, 6.45) is 11.9. The van der Waals surface area contributed by atoms with Crippen LogP contribution in [0.1, 0.15) is 44.1 Å². The van der Waals surface area contributed by atoms with Gasteiger partial charge in [0, 0.05) is 32.2 Å². The maximum absolute atomic E-state index is 5.10. The summed E-state index contributed by atoms with van der Waals surface area (Å²) < 4.78 is 5.10. The maximum atomic E-state index is 5.10. The van der Waals surface area contributed by atoms with Gasteiger partial charge < -0.3 is 14.6 Å². The van der Waals surface area contributed by atoms with E-state index in [1.54, 1.807) is 12.5 Å². The van der Waals surface area contributed by atoms with Crippen LogP contribution in [0.15, 0.2) is 28.0 Å². The van der Waals surface area contributed by atoms with Gasteiger partial charge in [-0.15, -0.1) is 0 Å². The average molecular weight is 275 g/mol. The Bertz CT molecular complexity index is 446. The van der Waals surface area contributed by atoms with Crippen LogP contribution in [0.3, 0.4) is 0 Å². The molecule has 2 heterocycles. The van der Waals surface area contributed by atoms with Gasteiger partial charge in [0.2, 0.25) is 0 Å². The van der Waals surface area contributed by atoms with Crippen LogP contribution < -0.4 is 5.32 Å². The highest BCUT2D eigenvalue weighted by Crippen LogP contribution is 2.43. The van der Waals surface area contributed by atoms with E-state index >= 15 is 0 Å². The summed E-state index contributed by atoms with van der Waals surface area (Å²) in [6, 6.07) is 1.99. The van der Waals surface area contributed by atoms with Crippen molar-refractivity contribution in [1.82, 2.24) is 10.2 Å². The van der Waals surface area contributed by atoms with Crippen LogP contribution >= 0.6 is 0 Å². The van der Waals surface area contributed by atoms with Crippen LogP contribution in [-0.4, -0.2) is 31.0 Å². The van der Waals surface area contributed by atoms with Gasteiger partial charge in [0.15, 0.2) is 5.96 Å². The second-order valence-corrected chi connectivity index (χ2v) is 6.26. The molecular weight excluding hydrogens is 250 g/mol. The van der Waals surface area contributed by atoms with Crippen LogP contribution in [0.25, 0.3) is 0 Å². The highest BCUT2D eigenvalue weighted by Gasteiger charge is 2.39. The number of aliphatic imine (C=N–C) groups is 1. The Hall–Kier alpha value is -1.45. The molecule has 1 saturated heterocycles. The van der Waals surface area contributed by atoms with Crippen molar-refractivity contribution >= 4 is 5.96 Å². The van der Waals surface area contributed by atoms with Crippen molar-refractivity contribution in [2.45, 2.75) is 45.1 Å². The van der Waals surface area contributed by atoms with Crippen molar-refractivity contribution in [1.29, 1.82) is 0 Å². The summed E-state index contributed by atoms with van der Waals surface area (Å²) in [5, 5.41) is 3.45. The number of rotatable bonds is 2. The molecule has 110 valence electrons. The summed E-state index contributed by atoms with van der Waals surface area (Å²) in [7, 11) is 1.88. The standard InChI is InChI=1S/C16H25N3O/c1-17-15(18-11-14-5-10-20-12-14)19-9-8-16(13-19)6-3-2-4-7-16/h5,10,12H,2-4,6-9,11,13H2,1H3,(H,17,18). The highest BCUT2D eigenvalue weighted by atomic mass is 16.3. The van der Waals surface area contributed by atoms with Crippen molar-refractivity contribution in [3.63, 3.8) is 0 Å². The number of likely N-dealkylation sites (tertiary alicyclic amines) is 1. The van der Waals surface area contributed by atoms with Crippen molar-refractivity contribution < 1.29 is 4.42 Å². The zero-order chi connectivity index (χ0) is 13.8. The molecule has 1 N–H and O–H groups in total. The van der Waals surface area contributed by atoms with Crippen molar-refractivity contribution in [3.8, 4) is 0 Å². The number of nitrogens with one attached hydrogen (secondary N) is 1. The highest BCUT2D eigenvalue weighted by molar-refractivity contribution is 5.80. The minimum Gasteiger partial charge on any atom is -0.472 e. The number of nitrogens with zero attached hydrogens (tertiary/aromatic N) is 2. The number of guanidine groups is 1. The SMILES string of the molecule is CN=C(NCc1ccoc1)N1CCC2(CCCCC2)C1. The minimum absolute atomic E-state index is 0.575. The number of hydrogen-bond acceptors (Lipinski definition) is 2. The lowest BCUT2D eigenvalue weighted by Gasteiger charge is -2.33. The first-order valence-electron chi connectivity index (χ1n) is 7.78. The van der Waals surface area contributed by atoms with Gasteiger partial charge in [-0.2, -0.15) is 0 Å². The van der Waals surface area contributed by atoms with Gasteiger partial charge in [-0.25, -0.2) is 0 Å². The van der Waals surface area contributed by atoms with E-state index in [2.05, 4.69) is 15.2 Å². The molecule has 0 bridgehead atoms. The van der Waals surface area contributed by atoms with Gasteiger partial charge in [-0.05, 0) is 30.7 Å². The molecule has 0 radical (unpaired) electrons. The molecule has 1 aromatic rings. The lowest BCUT2D eigenvalue weighted by atomic mass is 9.73. The molecule has 0 atom stereocenters. The summed E-state index contributed by atoms with van der Waals surface area (Å²) in [6.45, 7) is 3.11. The van der Waals surface area contributed by atoms with Crippen molar-refractivity contribution in [2.24, 2.45) is 10.4 Å². The lowest BCUT2D eigenvalue weighted by molar-refractivity contribution is 0.203. The molecule has 3 rings (SSSR count). The fourth-order valence-corrected chi connectivity index (χ4v) is 3.73. The van der Waals surface area contributed by atoms with Crippen LogP contribution in [0.5, 0.6) is 0 Å². The molecular formula is C16H25N3O. The first-order valence-corrected chi connectivity index (χ1v) is 7.78. The minimum atomic E-state index is 0.575. The Labute approximate surface area is 121 Å². The molecule has 1 aliphatic heterocycles. The van der Waals surface area contributed by atoms with E-state index in [9.17, 15) is 0 Å². The summed E-state index contributed by atoms with van der Waals surface area (Å²) in [5.41, 5.74) is 1.74. The third kappa shape index (κ3) is 2.84. The molecule has 1 aromatic heterocycles. The van der Waals surface area contributed by atoms with Gasteiger partial charge in [-0.1, -0.05) is 19.3 Å². The summed E-state index contributed by atoms with van der Waals surface area (Å²) in [4.78, 5) is 6.88. The fraction of sp³-hybridized carbons (Fsp3) is 0.688. The van der Waals surface area contributed by atoms with Crippen LogP contribution in [0.4, 0.5) is 0 Å². The smallest absolute Gasteiger partial charge is 0.193 e. The van der Waals surface area contributed by atoms with Gasteiger partial charge in [0.1, 0.15) is 0 Å². The van der Waals surface area contributed by atoms with Gasteiger partial charge >= 0.3 is 0 Å². The Kier molecular flexibility index (Phi) is 3.99. The molecule has 1 saturated carbocycles. The Balaban J connectivity index is 1.57. The zero-order valence-corrected chi connectivity index (χ0v) is 12.4. The fourth-order valence-electron chi connectivity index (χ4n) is 3.73.